The first kappa shape index (κ1) is 17.2. The minimum absolute atomic E-state index is 0.296. The Balaban J connectivity index is 1.91. The van der Waals surface area contributed by atoms with Gasteiger partial charge in [-0.2, -0.15) is 0 Å². The zero-order valence-corrected chi connectivity index (χ0v) is 14.5. The second-order valence-corrected chi connectivity index (χ2v) is 6.27. The molecule has 0 aliphatic rings. The molecule has 0 bridgehead atoms. The maximum Gasteiger partial charge on any atom is 0.130 e. The van der Waals surface area contributed by atoms with Crippen molar-refractivity contribution in [1.82, 2.24) is 9.88 Å². The fraction of sp³-hybridized carbons (Fsp3) is 0.250. The van der Waals surface area contributed by atoms with Gasteiger partial charge in [-0.3, -0.25) is 0 Å². The van der Waals surface area contributed by atoms with Gasteiger partial charge in [-0.25, -0.2) is 9.37 Å². The first-order valence-corrected chi connectivity index (χ1v) is 8.23. The Morgan fingerprint density at radius 3 is 2.72 bits per heavy atom. The van der Waals surface area contributed by atoms with Crippen LogP contribution in [0.3, 0.4) is 0 Å². The Hall–Kier alpha value is -2.66. The largest absolute Gasteiger partial charge is 0.492 e. The lowest BCUT2D eigenvalue weighted by atomic mass is 10.0. The number of nitrogen functional groups attached to an aromatic ring is 1. The molecule has 0 saturated heterocycles. The number of hydrogen-bond donors (Lipinski definition) is 1. The number of para-hydroxylation sites is 1. The highest BCUT2D eigenvalue weighted by Crippen LogP contribution is 2.28. The maximum absolute atomic E-state index is 14.4. The van der Waals surface area contributed by atoms with E-state index in [1.54, 1.807) is 12.1 Å². The number of benzene rings is 2. The van der Waals surface area contributed by atoms with Crippen LogP contribution in [0.1, 0.15) is 11.1 Å². The number of pyridine rings is 1. The molecule has 0 fully saturated rings. The summed E-state index contributed by atoms with van der Waals surface area (Å²) < 4.78 is 20.2. The topological polar surface area (TPSA) is 51.4 Å². The number of ether oxygens (including phenoxy) is 1. The molecule has 2 N–H and O–H groups in total. The van der Waals surface area contributed by atoms with E-state index in [-0.39, 0.29) is 5.82 Å². The van der Waals surface area contributed by atoms with Crippen molar-refractivity contribution in [3.63, 3.8) is 0 Å². The van der Waals surface area contributed by atoms with E-state index in [0.717, 1.165) is 23.0 Å². The van der Waals surface area contributed by atoms with Crippen LogP contribution in [-0.4, -0.2) is 37.1 Å². The predicted octanol–water partition coefficient (Wildman–Crippen LogP) is 3.49. The average Bonchev–Trinajstić information content (AvgIpc) is 2.58. The van der Waals surface area contributed by atoms with Crippen LogP contribution in [0.15, 0.2) is 48.5 Å². The lowest BCUT2D eigenvalue weighted by molar-refractivity contribution is 0.258. The van der Waals surface area contributed by atoms with E-state index in [2.05, 4.69) is 4.98 Å². The summed E-state index contributed by atoms with van der Waals surface area (Å²) in [5.41, 5.74) is 8.22. The molecule has 130 valence electrons. The SMILES string of the molecule is CN(C)CCOc1cccc(F)c1Cc1cc2ccccc2nc1N. The number of nitrogens with two attached hydrogens (primary N) is 1. The third-order valence-corrected chi connectivity index (χ3v) is 4.08. The second-order valence-electron chi connectivity index (χ2n) is 6.27. The Morgan fingerprint density at radius 2 is 1.92 bits per heavy atom. The average molecular weight is 339 g/mol. The Morgan fingerprint density at radius 1 is 1.12 bits per heavy atom. The van der Waals surface area contributed by atoms with E-state index < -0.39 is 0 Å². The Bertz CT molecular complexity index is 880. The summed E-state index contributed by atoms with van der Waals surface area (Å²) in [7, 11) is 3.94. The first-order chi connectivity index (χ1) is 12.0. The van der Waals surface area contributed by atoms with Gasteiger partial charge in [0, 0.05) is 23.9 Å². The van der Waals surface area contributed by atoms with Gasteiger partial charge < -0.3 is 15.4 Å². The van der Waals surface area contributed by atoms with Gasteiger partial charge in [0.25, 0.3) is 0 Å². The molecule has 4 nitrogen and oxygen atoms in total. The van der Waals surface area contributed by atoms with Gasteiger partial charge >= 0.3 is 0 Å². The van der Waals surface area contributed by atoms with Gasteiger partial charge in [-0.05, 0) is 43.9 Å². The van der Waals surface area contributed by atoms with Crippen LogP contribution < -0.4 is 10.5 Å². The number of hydrogen-bond acceptors (Lipinski definition) is 4. The van der Waals surface area contributed by atoms with E-state index >= 15 is 0 Å². The molecule has 2 aromatic carbocycles. The van der Waals surface area contributed by atoms with E-state index in [1.165, 1.54) is 6.07 Å². The summed E-state index contributed by atoms with van der Waals surface area (Å²) in [6, 6.07) is 14.6. The molecule has 0 atom stereocenters. The van der Waals surface area contributed by atoms with Crippen molar-refractivity contribution in [1.29, 1.82) is 0 Å². The Labute approximate surface area is 147 Å². The molecule has 3 rings (SSSR count). The number of likely N-dealkylation sites (N-methyl/N-ethyl adjacent to an activating group) is 1. The van der Waals surface area contributed by atoms with E-state index in [4.69, 9.17) is 10.5 Å². The molecule has 0 aliphatic heterocycles. The summed E-state index contributed by atoms with van der Waals surface area (Å²) in [6.45, 7) is 1.25. The second kappa shape index (κ2) is 7.49. The van der Waals surface area contributed by atoms with Crippen molar-refractivity contribution in [2.24, 2.45) is 0 Å². The molecule has 0 spiro atoms. The van der Waals surface area contributed by atoms with Gasteiger partial charge in [-0.1, -0.05) is 24.3 Å². The fourth-order valence-corrected chi connectivity index (χ4v) is 2.69. The van der Waals surface area contributed by atoms with Crippen LogP contribution >= 0.6 is 0 Å². The highest BCUT2D eigenvalue weighted by atomic mass is 19.1. The van der Waals surface area contributed by atoms with Gasteiger partial charge in [0.05, 0.1) is 5.52 Å². The smallest absolute Gasteiger partial charge is 0.130 e. The number of aromatic nitrogens is 1. The van der Waals surface area contributed by atoms with Crippen LogP contribution in [0.4, 0.5) is 10.2 Å². The van der Waals surface area contributed by atoms with Crippen molar-refractivity contribution >= 4 is 16.7 Å². The molecule has 1 heterocycles. The van der Waals surface area contributed by atoms with Crippen molar-refractivity contribution in [2.75, 3.05) is 33.0 Å². The Kier molecular flexibility index (Phi) is 5.14. The summed E-state index contributed by atoms with van der Waals surface area (Å²) >= 11 is 0. The highest BCUT2D eigenvalue weighted by molar-refractivity contribution is 5.81. The zero-order chi connectivity index (χ0) is 17.8. The third kappa shape index (κ3) is 4.06. The van der Waals surface area contributed by atoms with Crippen LogP contribution in [-0.2, 0) is 6.42 Å². The molecule has 5 heteroatoms. The van der Waals surface area contributed by atoms with Crippen LogP contribution in [0, 0.1) is 5.82 Å². The quantitative estimate of drug-likeness (QED) is 0.747. The summed E-state index contributed by atoms with van der Waals surface area (Å²) in [5.74, 6) is 0.672. The minimum atomic E-state index is -0.296. The molecule has 0 aliphatic carbocycles. The summed E-state index contributed by atoms with van der Waals surface area (Å²) in [4.78, 5) is 6.44. The number of halogens is 1. The standard InChI is InChI=1S/C20H22FN3O/c1-24(2)10-11-25-19-9-5-7-17(21)16(19)13-15-12-14-6-3-4-8-18(14)23-20(15)22/h3-9,12H,10-11,13H2,1-2H3,(H2,22,23). The summed E-state index contributed by atoms with van der Waals surface area (Å²) in [6.07, 6.45) is 0.341. The van der Waals surface area contributed by atoms with Crippen LogP contribution in [0.25, 0.3) is 10.9 Å². The first-order valence-electron chi connectivity index (χ1n) is 8.23. The van der Waals surface area contributed by atoms with Crippen molar-refractivity contribution in [3.8, 4) is 5.75 Å². The number of nitrogens with zero attached hydrogens (tertiary/aromatic N) is 2. The fourth-order valence-electron chi connectivity index (χ4n) is 2.69. The van der Waals surface area contributed by atoms with Gasteiger partial charge in [-0.15, -0.1) is 0 Å². The van der Waals surface area contributed by atoms with E-state index in [1.807, 2.05) is 49.3 Å². The zero-order valence-electron chi connectivity index (χ0n) is 14.5. The van der Waals surface area contributed by atoms with Crippen molar-refractivity contribution in [2.45, 2.75) is 6.42 Å². The van der Waals surface area contributed by atoms with Crippen LogP contribution in [0.5, 0.6) is 5.75 Å². The molecule has 0 radical (unpaired) electrons. The number of anilines is 1. The van der Waals surface area contributed by atoms with E-state index in [9.17, 15) is 4.39 Å². The molecule has 0 saturated carbocycles. The minimum Gasteiger partial charge on any atom is -0.492 e. The van der Waals surface area contributed by atoms with Gasteiger partial charge in [0.2, 0.25) is 0 Å². The summed E-state index contributed by atoms with van der Waals surface area (Å²) in [5, 5.41) is 0.984. The maximum atomic E-state index is 14.4. The van der Waals surface area contributed by atoms with Crippen molar-refractivity contribution < 1.29 is 9.13 Å². The monoisotopic (exact) mass is 339 g/mol. The predicted molar refractivity (Wildman–Crippen MR) is 99.4 cm³/mol. The molecular formula is C20H22FN3O. The molecule has 1 aromatic heterocycles. The molecule has 0 amide bonds. The third-order valence-electron chi connectivity index (χ3n) is 4.08. The molecule has 25 heavy (non-hydrogen) atoms. The molecule has 0 unspecified atom stereocenters. The lowest BCUT2D eigenvalue weighted by Crippen LogP contribution is -2.20. The number of fused-ring (bicyclic) bond motifs is 1. The highest BCUT2D eigenvalue weighted by Gasteiger charge is 2.13. The van der Waals surface area contributed by atoms with E-state index in [0.29, 0.717) is 30.2 Å². The molecular weight excluding hydrogens is 317 g/mol. The number of rotatable bonds is 6. The lowest BCUT2D eigenvalue weighted by Gasteiger charge is -2.15. The van der Waals surface area contributed by atoms with Crippen molar-refractivity contribution in [3.05, 3.63) is 65.5 Å². The van der Waals surface area contributed by atoms with Gasteiger partial charge in [0.1, 0.15) is 24.0 Å². The van der Waals surface area contributed by atoms with Crippen LogP contribution in [0.2, 0.25) is 0 Å². The molecule has 3 aromatic rings. The normalized spacial score (nSPS) is 11.2. The van der Waals surface area contributed by atoms with Gasteiger partial charge in [0.15, 0.2) is 0 Å².